The van der Waals surface area contributed by atoms with E-state index in [1.807, 2.05) is 6.08 Å². The van der Waals surface area contributed by atoms with Crippen molar-refractivity contribution in [2.24, 2.45) is 0 Å². The van der Waals surface area contributed by atoms with Gasteiger partial charge in [-0.05, 0) is 64.2 Å². The minimum Gasteiger partial charge on any atom is -0.466 e. The number of rotatable bonds is 67. The Morgan fingerprint density at radius 2 is 0.770 bits per heavy atom. The molecule has 0 spiro atoms. The zero-order valence-corrected chi connectivity index (χ0v) is 57.0. The summed E-state index contributed by atoms with van der Waals surface area (Å²) in [5.74, 6) is -0.167. The van der Waals surface area contributed by atoms with Gasteiger partial charge in [-0.2, -0.15) is 0 Å². The first-order valence-electron chi connectivity index (χ1n) is 37.8. The molecule has 0 radical (unpaired) electrons. The topological polar surface area (TPSA) is 175 Å². The van der Waals surface area contributed by atoms with E-state index < -0.39 is 49.5 Å². The van der Waals surface area contributed by atoms with Gasteiger partial charge in [-0.1, -0.05) is 333 Å². The average molecular weight is 1230 g/mol. The molecule has 0 aromatic heterocycles. The molecule has 0 aromatic carbocycles. The maximum absolute atomic E-state index is 13.0. The number of unbranched alkanes of at least 4 members (excludes halogenated alkanes) is 49. The number of allylic oxidation sites excluding steroid dienone is 5. The van der Waals surface area contributed by atoms with Crippen molar-refractivity contribution in [2.45, 2.75) is 416 Å². The second-order valence-electron chi connectivity index (χ2n) is 26.4. The normalized spacial score (nSPS) is 18.0. The number of carbonyl (C=O) groups is 2. The molecule has 11 heteroatoms. The van der Waals surface area contributed by atoms with E-state index in [0.717, 1.165) is 57.8 Å². The highest BCUT2D eigenvalue weighted by Gasteiger charge is 2.44. The van der Waals surface area contributed by atoms with Crippen molar-refractivity contribution in [3.8, 4) is 0 Å². The third-order valence-electron chi connectivity index (χ3n) is 18.0. The van der Waals surface area contributed by atoms with Crippen LogP contribution in [0, 0.1) is 0 Å². The largest absolute Gasteiger partial charge is 0.466 e. The highest BCUT2D eigenvalue weighted by atomic mass is 16.7. The number of aliphatic hydroxyl groups excluding tert-OH is 5. The van der Waals surface area contributed by atoms with E-state index in [0.29, 0.717) is 19.4 Å². The van der Waals surface area contributed by atoms with Crippen molar-refractivity contribution in [3.63, 3.8) is 0 Å². The number of hydrogen-bond donors (Lipinski definition) is 6. The SMILES string of the molecule is CCCCCCCCC/C=C/C(O)C(COC1OC(CO)C(O)C(O)C1O)NC(=O)CCCCCCCCCCCCCCCCCCC/C=C\C/C=C\CCCCCCCCCCCCCOC(=O)CCCCCCCCCCCCCCCCC. The fourth-order valence-electron chi connectivity index (χ4n) is 12.1. The van der Waals surface area contributed by atoms with E-state index >= 15 is 0 Å². The van der Waals surface area contributed by atoms with Gasteiger partial charge in [0.25, 0.3) is 0 Å². The summed E-state index contributed by atoms with van der Waals surface area (Å²) in [7, 11) is 0. The average Bonchev–Trinajstić information content (AvgIpc) is 2.79. The van der Waals surface area contributed by atoms with Gasteiger partial charge in [0.1, 0.15) is 24.4 Å². The first-order chi connectivity index (χ1) is 42.7. The molecule has 1 rings (SSSR count). The fraction of sp³-hybridized carbons (Fsp3) is 0.895. The lowest BCUT2D eigenvalue weighted by Crippen LogP contribution is -2.60. The monoisotopic (exact) mass is 1230 g/mol. The van der Waals surface area contributed by atoms with Crippen LogP contribution in [0.4, 0.5) is 0 Å². The summed E-state index contributed by atoms with van der Waals surface area (Å²) in [5, 5.41) is 54.3. The molecule has 1 amide bonds. The number of aliphatic hydroxyl groups is 5. The Balaban J connectivity index is 1.89. The van der Waals surface area contributed by atoms with Crippen LogP contribution >= 0.6 is 0 Å². The molecule has 11 nitrogen and oxygen atoms in total. The number of nitrogens with one attached hydrogen (secondary N) is 1. The number of carbonyl (C=O) groups excluding carboxylic acids is 2. The number of amides is 1. The molecule has 1 saturated heterocycles. The second kappa shape index (κ2) is 65.4. The third kappa shape index (κ3) is 54.2. The summed E-state index contributed by atoms with van der Waals surface area (Å²) in [5.41, 5.74) is 0. The predicted molar refractivity (Wildman–Crippen MR) is 366 cm³/mol. The molecular weight excluding hydrogens is 1090 g/mol. The van der Waals surface area contributed by atoms with Crippen LogP contribution in [0.1, 0.15) is 373 Å². The molecule has 0 aromatic rings. The molecule has 6 N–H and O–H groups in total. The van der Waals surface area contributed by atoms with Gasteiger partial charge < -0.3 is 45.1 Å². The molecule has 1 aliphatic rings. The van der Waals surface area contributed by atoms with Crippen LogP contribution in [0.25, 0.3) is 0 Å². The van der Waals surface area contributed by atoms with Crippen molar-refractivity contribution < 1.29 is 49.3 Å². The zero-order chi connectivity index (χ0) is 63.0. The van der Waals surface area contributed by atoms with Gasteiger partial charge in [-0.15, -0.1) is 0 Å². The second-order valence-corrected chi connectivity index (χ2v) is 26.4. The molecule has 0 saturated carbocycles. The van der Waals surface area contributed by atoms with Crippen LogP contribution in [-0.4, -0.2) is 100 Å². The molecule has 0 bridgehead atoms. The van der Waals surface area contributed by atoms with Crippen LogP contribution in [0.2, 0.25) is 0 Å². The number of ether oxygens (including phenoxy) is 3. The lowest BCUT2D eigenvalue weighted by molar-refractivity contribution is -0.302. The summed E-state index contributed by atoms with van der Waals surface area (Å²) in [6.45, 7) is 4.36. The summed E-state index contributed by atoms with van der Waals surface area (Å²) < 4.78 is 16.7. The Hall–Kier alpha value is -2.12. The van der Waals surface area contributed by atoms with Crippen molar-refractivity contribution >= 4 is 11.9 Å². The highest BCUT2D eigenvalue weighted by molar-refractivity contribution is 5.76. The summed E-state index contributed by atoms with van der Waals surface area (Å²) in [6.07, 6.45) is 74.6. The van der Waals surface area contributed by atoms with Crippen molar-refractivity contribution in [1.29, 1.82) is 0 Å². The summed E-state index contributed by atoms with van der Waals surface area (Å²) >= 11 is 0. The maximum Gasteiger partial charge on any atom is 0.305 e. The molecule has 512 valence electrons. The standard InChI is InChI=1S/C76H143NO10/c1-3-5-7-9-11-13-14-15-37-41-44-48-52-56-60-64-72(81)85-65-61-57-53-49-45-42-39-36-34-32-30-28-26-24-22-20-18-16-17-19-21-23-25-27-29-31-33-35-38-40-43-47-51-55-59-63-71(80)77-68(69(79)62-58-54-50-46-12-10-8-6-4-2)67-86-76-75(84)74(83)73(82)70(66-78)87-76/h18,20,24,26,58,62,68-70,73-76,78-79,82-84H,3-17,19,21-23,25,27-57,59-61,63-67H2,1-2H3,(H,77,80)/b20-18-,26-24-,62-58+. The summed E-state index contributed by atoms with van der Waals surface area (Å²) in [4.78, 5) is 25.1. The van der Waals surface area contributed by atoms with Crippen LogP contribution in [0.5, 0.6) is 0 Å². The van der Waals surface area contributed by atoms with Crippen molar-refractivity contribution in [1.82, 2.24) is 5.32 Å². The third-order valence-corrected chi connectivity index (χ3v) is 18.0. The molecule has 1 aliphatic heterocycles. The first-order valence-corrected chi connectivity index (χ1v) is 37.8. The quantitative estimate of drug-likeness (QED) is 0.0195. The molecule has 7 atom stereocenters. The Labute approximate surface area is 536 Å². The van der Waals surface area contributed by atoms with Gasteiger partial charge in [-0.25, -0.2) is 0 Å². The van der Waals surface area contributed by atoms with Crippen molar-refractivity contribution in [3.05, 3.63) is 36.5 Å². The van der Waals surface area contributed by atoms with E-state index in [1.54, 1.807) is 6.08 Å². The summed E-state index contributed by atoms with van der Waals surface area (Å²) in [6, 6.07) is -0.807. The number of esters is 1. The van der Waals surface area contributed by atoms with Gasteiger partial charge >= 0.3 is 5.97 Å². The Morgan fingerprint density at radius 1 is 0.425 bits per heavy atom. The Kier molecular flexibility index (Phi) is 62.3. The minimum absolute atomic E-state index is 0.0134. The lowest BCUT2D eigenvalue weighted by Gasteiger charge is -2.40. The lowest BCUT2D eigenvalue weighted by atomic mass is 9.99. The van der Waals surface area contributed by atoms with Gasteiger partial charge in [0, 0.05) is 12.8 Å². The van der Waals surface area contributed by atoms with E-state index in [2.05, 4.69) is 43.5 Å². The van der Waals surface area contributed by atoms with E-state index in [4.69, 9.17) is 14.2 Å². The van der Waals surface area contributed by atoms with Crippen LogP contribution in [-0.2, 0) is 23.8 Å². The van der Waals surface area contributed by atoms with Crippen LogP contribution in [0.3, 0.4) is 0 Å². The van der Waals surface area contributed by atoms with E-state index in [9.17, 15) is 35.1 Å². The Bertz CT molecular complexity index is 1540. The smallest absolute Gasteiger partial charge is 0.305 e. The fourth-order valence-corrected chi connectivity index (χ4v) is 12.1. The van der Waals surface area contributed by atoms with Gasteiger partial charge in [-0.3, -0.25) is 9.59 Å². The molecule has 1 heterocycles. The minimum atomic E-state index is -1.57. The molecule has 0 aliphatic carbocycles. The predicted octanol–water partition coefficient (Wildman–Crippen LogP) is 19.7. The van der Waals surface area contributed by atoms with Crippen molar-refractivity contribution in [2.75, 3.05) is 19.8 Å². The molecule has 1 fully saturated rings. The zero-order valence-electron chi connectivity index (χ0n) is 57.0. The van der Waals surface area contributed by atoms with Gasteiger partial charge in [0.15, 0.2) is 6.29 Å². The molecule has 7 unspecified atom stereocenters. The van der Waals surface area contributed by atoms with E-state index in [-0.39, 0.29) is 18.5 Å². The molecular formula is C76H143NO10. The van der Waals surface area contributed by atoms with Crippen LogP contribution < -0.4 is 5.32 Å². The van der Waals surface area contributed by atoms with Crippen LogP contribution in [0.15, 0.2) is 36.5 Å². The first kappa shape index (κ1) is 82.9. The van der Waals surface area contributed by atoms with E-state index in [1.165, 1.54) is 289 Å². The van der Waals surface area contributed by atoms with Gasteiger partial charge in [0.05, 0.1) is 32.0 Å². The van der Waals surface area contributed by atoms with Gasteiger partial charge in [0.2, 0.25) is 5.91 Å². The molecule has 87 heavy (non-hydrogen) atoms. The Morgan fingerprint density at radius 3 is 1.16 bits per heavy atom. The highest BCUT2D eigenvalue weighted by Crippen LogP contribution is 2.24. The number of hydrogen-bond acceptors (Lipinski definition) is 10. The maximum atomic E-state index is 13.0.